The number of benzene rings is 3. The number of anilines is 2. The molecule has 0 aliphatic heterocycles. The highest BCUT2D eigenvalue weighted by Crippen LogP contribution is 2.18. The molecule has 4 N–H and O–H groups in total. The summed E-state index contributed by atoms with van der Waals surface area (Å²) in [6.07, 6.45) is 2.65. The molecule has 0 radical (unpaired) electrons. The number of para-hydroxylation sites is 1. The van der Waals surface area contributed by atoms with Gasteiger partial charge in [0.2, 0.25) is 0 Å². The number of carbonyl (C=O) groups excluding carboxylic acids is 2. The minimum Gasteiger partial charge on any atom is -0.361 e. The van der Waals surface area contributed by atoms with E-state index >= 15 is 0 Å². The van der Waals surface area contributed by atoms with Crippen LogP contribution in [-0.2, 0) is 6.42 Å². The fourth-order valence-corrected chi connectivity index (χ4v) is 3.43. The van der Waals surface area contributed by atoms with E-state index in [9.17, 15) is 9.59 Å². The smallest absolute Gasteiger partial charge is 0.319 e. The highest BCUT2D eigenvalue weighted by molar-refractivity contribution is 6.05. The maximum absolute atomic E-state index is 12.5. The lowest BCUT2D eigenvalue weighted by atomic mass is 10.1. The lowest BCUT2D eigenvalue weighted by Crippen LogP contribution is -2.30. The van der Waals surface area contributed by atoms with Gasteiger partial charge in [-0.1, -0.05) is 30.3 Å². The first kappa shape index (κ1) is 20.7. The van der Waals surface area contributed by atoms with E-state index < -0.39 is 0 Å². The quantitative estimate of drug-likeness (QED) is 0.362. The summed E-state index contributed by atoms with van der Waals surface area (Å²) >= 11 is 0. The number of urea groups is 1. The fraction of sp³-hybridized carbons (Fsp3) is 0.0800. The first-order valence-electron chi connectivity index (χ1n) is 10.1. The van der Waals surface area contributed by atoms with Crippen molar-refractivity contribution in [3.05, 3.63) is 95.7 Å². The molecule has 0 aliphatic carbocycles. The van der Waals surface area contributed by atoms with Gasteiger partial charge in [-0.15, -0.1) is 0 Å². The lowest BCUT2D eigenvalue weighted by molar-refractivity contribution is 0.102. The molecule has 0 unspecified atom stereocenters. The number of rotatable bonds is 6. The Morgan fingerprint density at radius 2 is 1.69 bits per heavy atom. The predicted octanol–water partition coefficient (Wildman–Crippen LogP) is 4.66. The van der Waals surface area contributed by atoms with Crippen molar-refractivity contribution < 1.29 is 9.59 Å². The molecule has 7 nitrogen and oxygen atoms in total. The van der Waals surface area contributed by atoms with Crippen molar-refractivity contribution in [2.24, 2.45) is 0 Å². The molecule has 0 saturated heterocycles. The van der Waals surface area contributed by atoms with E-state index in [1.165, 1.54) is 0 Å². The van der Waals surface area contributed by atoms with Crippen molar-refractivity contribution >= 4 is 34.2 Å². The van der Waals surface area contributed by atoms with Gasteiger partial charge in [-0.3, -0.25) is 4.79 Å². The van der Waals surface area contributed by atoms with E-state index in [1.807, 2.05) is 36.5 Å². The number of aromatic nitrogens is 1. The van der Waals surface area contributed by atoms with Crippen LogP contribution in [0.25, 0.3) is 10.9 Å². The van der Waals surface area contributed by atoms with Crippen molar-refractivity contribution in [2.75, 3.05) is 17.2 Å². The molecule has 3 aromatic carbocycles. The molecule has 0 atom stereocenters. The maximum Gasteiger partial charge on any atom is 0.319 e. The number of nitrogens with zero attached hydrogens (tertiary/aromatic N) is 1. The second kappa shape index (κ2) is 9.49. The number of fused-ring (bicyclic) bond motifs is 1. The lowest BCUT2D eigenvalue weighted by Gasteiger charge is -2.10. The van der Waals surface area contributed by atoms with Crippen molar-refractivity contribution in [1.82, 2.24) is 10.3 Å². The van der Waals surface area contributed by atoms with Gasteiger partial charge < -0.3 is 20.9 Å². The third-order valence-electron chi connectivity index (χ3n) is 4.99. The molecular formula is C25H21N5O2. The van der Waals surface area contributed by atoms with E-state index in [1.54, 1.807) is 48.5 Å². The minimum absolute atomic E-state index is 0.330. The molecule has 0 spiro atoms. The summed E-state index contributed by atoms with van der Waals surface area (Å²) in [5.41, 5.74) is 4.10. The van der Waals surface area contributed by atoms with Gasteiger partial charge in [-0.25, -0.2) is 4.79 Å². The number of nitriles is 1. The van der Waals surface area contributed by atoms with Crippen LogP contribution in [0.15, 0.2) is 79.0 Å². The molecule has 7 heteroatoms. The molecule has 0 aliphatic rings. The normalized spacial score (nSPS) is 10.3. The Morgan fingerprint density at radius 3 is 2.53 bits per heavy atom. The topological polar surface area (TPSA) is 110 Å². The first-order valence-corrected chi connectivity index (χ1v) is 10.1. The number of H-pyrrole nitrogens is 1. The van der Waals surface area contributed by atoms with Crippen LogP contribution in [0.5, 0.6) is 0 Å². The molecule has 0 saturated carbocycles. The fourth-order valence-electron chi connectivity index (χ4n) is 3.43. The van der Waals surface area contributed by atoms with Gasteiger partial charge in [0.15, 0.2) is 0 Å². The molecule has 3 amide bonds. The molecule has 32 heavy (non-hydrogen) atoms. The van der Waals surface area contributed by atoms with Gasteiger partial charge >= 0.3 is 6.03 Å². The Kier molecular flexibility index (Phi) is 6.14. The maximum atomic E-state index is 12.5. The highest BCUT2D eigenvalue weighted by Gasteiger charge is 2.09. The zero-order valence-electron chi connectivity index (χ0n) is 17.2. The summed E-state index contributed by atoms with van der Waals surface area (Å²) in [5.74, 6) is -0.330. The molecular weight excluding hydrogens is 402 g/mol. The van der Waals surface area contributed by atoms with Crippen molar-refractivity contribution in [3.63, 3.8) is 0 Å². The predicted molar refractivity (Wildman–Crippen MR) is 125 cm³/mol. The summed E-state index contributed by atoms with van der Waals surface area (Å²) in [4.78, 5) is 28.0. The summed E-state index contributed by atoms with van der Waals surface area (Å²) in [6.45, 7) is 0.475. The molecule has 4 rings (SSSR count). The SMILES string of the molecule is N#Cc1cccc(NC(=O)c2cccc(NC(=O)NCCc3c[nH]c4ccccc34)c2)c1. The van der Waals surface area contributed by atoms with Crippen molar-refractivity contribution in [1.29, 1.82) is 5.26 Å². The van der Waals surface area contributed by atoms with Crippen LogP contribution in [0, 0.1) is 11.3 Å². The monoisotopic (exact) mass is 423 g/mol. The molecule has 0 fully saturated rings. The number of hydrogen-bond acceptors (Lipinski definition) is 3. The van der Waals surface area contributed by atoms with Gasteiger partial charge in [0.25, 0.3) is 5.91 Å². The number of hydrogen-bond donors (Lipinski definition) is 4. The van der Waals surface area contributed by atoms with E-state index in [-0.39, 0.29) is 11.9 Å². The average Bonchev–Trinajstić information content (AvgIpc) is 3.22. The number of aromatic amines is 1. The van der Waals surface area contributed by atoms with Crippen LogP contribution >= 0.6 is 0 Å². The van der Waals surface area contributed by atoms with Crippen LogP contribution in [0.4, 0.5) is 16.2 Å². The van der Waals surface area contributed by atoms with E-state index in [4.69, 9.17) is 5.26 Å². The molecule has 1 heterocycles. The van der Waals surface area contributed by atoms with Crippen LogP contribution in [0.2, 0.25) is 0 Å². The van der Waals surface area contributed by atoms with Crippen molar-refractivity contribution in [2.45, 2.75) is 6.42 Å². The Hall–Kier alpha value is -4.57. The molecule has 158 valence electrons. The van der Waals surface area contributed by atoms with Crippen LogP contribution in [-0.4, -0.2) is 23.5 Å². The average molecular weight is 423 g/mol. The van der Waals surface area contributed by atoms with Gasteiger partial charge in [-0.05, 0) is 54.4 Å². The summed E-state index contributed by atoms with van der Waals surface area (Å²) in [6, 6.07) is 23.1. The largest absolute Gasteiger partial charge is 0.361 e. The Bertz CT molecular complexity index is 1320. The zero-order valence-corrected chi connectivity index (χ0v) is 17.2. The van der Waals surface area contributed by atoms with E-state index in [0.717, 1.165) is 16.5 Å². The Morgan fingerprint density at radius 1 is 0.906 bits per heavy atom. The summed E-state index contributed by atoms with van der Waals surface area (Å²) in [7, 11) is 0. The van der Waals surface area contributed by atoms with Gasteiger partial charge in [0, 0.05) is 40.6 Å². The number of amides is 3. The van der Waals surface area contributed by atoms with Gasteiger partial charge in [0.05, 0.1) is 11.6 Å². The van der Waals surface area contributed by atoms with Crippen LogP contribution in [0.3, 0.4) is 0 Å². The highest BCUT2D eigenvalue weighted by atomic mass is 16.2. The second-order valence-corrected chi connectivity index (χ2v) is 7.22. The number of carbonyl (C=O) groups is 2. The van der Waals surface area contributed by atoms with Crippen molar-refractivity contribution in [3.8, 4) is 6.07 Å². The third kappa shape index (κ3) is 4.94. The van der Waals surface area contributed by atoms with Gasteiger partial charge in [-0.2, -0.15) is 5.26 Å². The van der Waals surface area contributed by atoms with Gasteiger partial charge in [0.1, 0.15) is 0 Å². The summed E-state index contributed by atoms with van der Waals surface area (Å²) < 4.78 is 0. The number of nitrogens with one attached hydrogen (secondary N) is 4. The molecule has 4 aromatic rings. The second-order valence-electron chi connectivity index (χ2n) is 7.22. The standard InChI is InChI=1S/C25H21N5O2/c26-15-17-5-3-7-20(13-17)29-24(31)18-6-4-8-21(14-18)30-25(32)27-12-11-19-16-28-23-10-2-1-9-22(19)23/h1-10,13-14,16,28H,11-12H2,(H,29,31)(H2,27,30,32). The molecule has 0 bridgehead atoms. The Balaban J connectivity index is 1.32. The zero-order chi connectivity index (χ0) is 22.3. The van der Waals surface area contributed by atoms with E-state index in [0.29, 0.717) is 35.5 Å². The minimum atomic E-state index is -0.343. The van der Waals surface area contributed by atoms with Crippen LogP contribution < -0.4 is 16.0 Å². The van der Waals surface area contributed by atoms with E-state index in [2.05, 4.69) is 20.9 Å². The molecule has 1 aromatic heterocycles. The van der Waals surface area contributed by atoms with Crippen LogP contribution in [0.1, 0.15) is 21.5 Å². The third-order valence-corrected chi connectivity index (χ3v) is 4.99. The summed E-state index contributed by atoms with van der Waals surface area (Å²) in [5, 5.41) is 18.5. The first-order chi connectivity index (χ1) is 15.6. The Labute approximate surface area is 185 Å².